The zero-order valence-corrected chi connectivity index (χ0v) is 58.5. The molecule has 2 aliphatic heterocycles. The number of aliphatic hydroxyl groups is 2. The number of guanidine groups is 3. The van der Waals surface area contributed by atoms with Gasteiger partial charge in [-0.2, -0.15) is 0 Å². The van der Waals surface area contributed by atoms with Crippen LogP contribution >= 0.6 is 22.7 Å². The van der Waals surface area contributed by atoms with E-state index in [0.717, 1.165) is 43.4 Å². The van der Waals surface area contributed by atoms with Gasteiger partial charge >= 0.3 is 5.97 Å². The van der Waals surface area contributed by atoms with Crippen LogP contribution in [0.1, 0.15) is 112 Å². The van der Waals surface area contributed by atoms with Gasteiger partial charge in [0, 0.05) is 73.6 Å². The Hall–Kier alpha value is -9.48. The summed E-state index contributed by atoms with van der Waals surface area (Å²) >= 11 is 2.53. The number of carbonyl (C=O) groups excluding carboxylic acids is 10. The summed E-state index contributed by atoms with van der Waals surface area (Å²) in [5.74, 6) is -8.09. The topological polar surface area (TPSA) is 544 Å². The van der Waals surface area contributed by atoms with Gasteiger partial charge in [0.05, 0.1) is 19.3 Å². The molecule has 0 radical (unpaired) electrons. The molecule has 2 aromatic heterocycles. The first-order valence-electron chi connectivity index (χ1n) is 34.6. The lowest BCUT2D eigenvalue weighted by atomic mass is 9.49. The number of nitrogens with one attached hydrogen (secondary N) is 8. The predicted molar refractivity (Wildman–Crippen MR) is 379 cm³/mol. The number of carboxylic acids is 1. The van der Waals surface area contributed by atoms with E-state index >= 15 is 0 Å². The number of thiophene rings is 2. The third-order valence-electron chi connectivity index (χ3n) is 19.3. The summed E-state index contributed by atoms with van der Waals surface area (Å²) in [6.45, 7) is -1.62. The molecule has 35 heteroatoms. The van der Waals surface area contributed by atoms with Crippen molar-refractivity contribution in [2.45, 2.75) is 176 Å². The number of aliphatic imine (C=N–C) groups is 3. The Morgan fingerprint density at radius 1 is 0.539 bits per heavy atom. The van der Waals surface area contributed by atoms with Crippen LogP contribution in [0.2, 0.25) is 0 Å². The van der Waals surface area contributed by atoms with Gasteiger partial charge in [0.2, 0.25) is 59.1 Å². The predicted octanol–water partition coefficient (Wildman–Crippen LogP) is -3.25. The molecule has 4 aliphatic carbocycles. The maximum Gasteiger partial charge on any atom is 0.326 e. The summed E-state index contributed by atoms with van der Waals surface area (Å²) in [4.78, 5) is 171. The maximum absolute atomic E-state index is 14.9. The minimum atomic E-state index is -1.74. The number of rotatable bonds is 38. The molecule has 23 N–H and O–H groups in total. The summed E-state index contributed by atoms with van der Waals surface area (Å²) in [6.07, 6.45) is 5.08. The molecule has 1 aromatic carbocycles. The van der Waals surface area contributed by atoms with Crippen molar-refractivity contribution in [3.8, 4) is 0 Å². The summed E-state index contributed by atoms with van der Waals surface area (Å²) < 4.78 is 0. The smallest absolute Gasteiger partial charge is 0.326 e. The van der Waals surface area contributed by atoms with Crippen molar-refractivity contribution in [2.75, 3.05) is 45.9 Å². The number of β-amino-alcohol motifs (C(OH)–C–C–N with tert-alkyl or cyclic N) is 1. The Morgan fingerprint density at radius 2 is 1.01 bits per heavy atom. The van der Waals surface area contributed by atoms with Crippen molar-refractivity contribution in [3.63, 3.8) is 0 Å². The molecule has 9 rings (SSSR count). The number of hydrogen-bond donors (Lipinski definition) is 17. The average molecular weight is 1460 g/mol. The highest BCUT2D eigenvalue weighted by Crippen LogP contribution is 2.60. The highest BCUT2D eigenvalue weighted by atomic mass is 32.1. The second-order valence-corrected chi connectivity index (χ2v) is 29.1. The molecule has 4 bridgehead atoms. The number of likely N-dealkylation sites (tertiary alicyclic amines) is 2. The van der Waals surface area contributed by atoms with Gasteiger partial charge < -0.3 is 102 Å². The molecule has 2 saturated heterocycles. The zero-order chi connectivity index (χ0) is 73.6. The molecular formula is C67H97N19O14S2. The lowest BCUT2D eigenvalue weighted by Gasteiger charge is -2.55. The van der Waals surface area contributed by atoms with E-state index in [4.69, 9.17) is 34.4 Å². The van der Waals surface area contributed by atoms with Crippen LogP contribution in [0, 0.1) is 23.2 Å². The van der Waals surface area contributed by atoms with Gasteiger partial charge in [0.15, 0.2) is 17.9 Å². The van der Waals surface area contributed by atoms with E-state index in [9.17, 15) is 68.1 Å². The highest BCUT2D eigenvalue weighted by Gasteiger charge is 2.55. The largest absolute Gasteiger partial charge is 0.480 e. The Labute approximate surface area is 598 Å². The van der Waals surface area contributed by atoms with E-state index in [1.54, 1.807) is 65.4 Å². The molecule has 10 atom stereocenters. The number of carbonyl (C=O) groups is 11. The van der Waals surface area contributed by atoms with E-state index in [1.807, 2.05) is 0 Å². The van der Waals surface area contributed by atoms with Crippen molar-refractivity contribution >= 4 is 106 Å². The molecule has 4 heterocycles. The van der Waals surface area contributed by atoms with Gasteiger partial charge in [-0.15, -0.1) is 22.7 Å². The molecule has 4 saturated carbocycles. The maximum atomic E-state index is 14.9. The van der Waals surface area contributed by atoms with Gasteiger partial charge in [-0.3, -0.25) is 62.9 Å². The van der Waals surface area contributed by atoms with Crippen LogP contribution in [-0.4, -0.2) is 214 Å². The van der Waals surface area contributed by atoms with Gasteiger partial charge in [0.25, 0.3) is 0 Å². The van der Waals surface area contributed by atoms with E-state index < -0.39 is 138 Å². The van der Waals surface area contributed by atoms with Crippen LogP contribution in [-0.2, 0) is 72.0 Å². The number of carboxylic acid groups (broad SMARTS) is 1. The van der Waals surface area contributed by atoms with Gasteiger partial charge in [0.1, 0.15) is 54.4 Å². The van der Waals surface area contributed by atoms with E-state index in [1.165, 1.54) is 27.6 Å². The number of aliphatic carboxylic acids is 1. The number of nitrogens with two attached hydrogens (primary N) is 6. The Morgan fingerprint density at radius 3 is 1.52 bits per heavy atom. The lowest BCUT2D eigenvalue weighted by Crippen LogP contribution is -2.60. The molecular weight excluding hydrogens is 1360 g/mol. The Kier molecular flexibility index (Phi) is 28.7. The fraction of sp³-hybridized carbons (Fsp3) is 0.582. The minimum Gasteiger partial charge on any atom is -0.480 e. The summed E-state index contributed by atoms with van der Waals surface area (Å²) in [7, 11) is 0. The van der Waals surface area contributed by atoms with Gasteiger partial charge in [-0.05, 0) is 136 Å². The first kappa shape index (κ1) is 78.2. The molecule has 3 aromatic rings. The minimum absolute atomic E-state index is 0.0237. The third-order valence-corrected chi connectivity index (χ3v) is 21.1. The fourth-order valence-electron chi connectivity index (χ4n) is 14.8. The SMILES string of the molecule is NC(N)=NCCC[C@H](NC(=O)[C@H](Cc1cccs1)NC(=O)[C@@H](Cc1ccccc1)NC(=O)[C@H](CO)NC(=O)[C@H](Cc1cccs1)NC(=O)CNC(=O)[C@@H]1C[C@@H](O)CN1C(=O)[C@@H]1CCCN1C(=O)[C@H](CCCN=C(N)N)NC(=O)[C@@H](CCCN=C(N)N)NC(=O)C12CC3CC(CC(C3)C1)C2)C(=O)O. The number of aliphatic hydroxyl groups excluding tert-OH is 2. The fourth-order valence-corrected chi connectivity index (χ4v) is 16.3. The molecule has 0 unspecified atom stereocenters. The summed E-state index contributed by atoms with van der Waals surface area (Å²) in [5.41, 5.74) is 33.2. The third kappa shape index (κ3) is 22.5. The lowest BCUT2D eigenvalue weighted by molar-refractivity contribution is -0.149. The highest BCUT2D eigenvalue weighted by molar-refractivity contribution is 7.10. The molecule has 6 fully saturated rings. The average Bonchev–Trinajstić information content (AvgIpc) is 0.912. The molecule has 6 aliphatic rings. The second-order valence-electron chi connectivity index (χ2n) is 27.1. The number of nitrogens with zero attached hydrogens (tertiary/aromatic N) is 5. The van der Waals surface area contributed by atoms with Crippen molar-refractivity contribution in [3.05, 3.63) is 80.7 Å². The normalized spacial score (nSPS) is 22.2. The molecule has 556 valence electrons. The Balaban J connectivity index is 0.909. The molecule has 10 amide bonds. The van der Waals surface area contributed by atoms with Crippen LogP contribution in [0.4, 0.5) is 0 Å². The monoisotopic (exact) mass is 1460 g/mol. The first-order chi connectivity index (χ1) is 48.8. The number of amides is 10. The van der Waals surface area contributed by atoms with Gasteiger partial charge in [-0.25, -0.2) is 4.79 Å². The second kappa shape index (κ2) is 37.4. The van der Waals surface area contributed by atoms with Crippen molar-refractivity contribution in [1.82, 2.24) is 52.3 Å². The van der Waals surface area contributed by atoms with Crippen molar-refractivity contribution < 1.29 is 68.1 Å². The zero-order valence-electron chi connectivity index (χ0n) is 56.9. The molecule has 102 heavy (non-hydrogen) atoms. The van der Waals surface area contributed by atoms with Crippen LogP contribution in [0.5, 0.6) is 0 Å². The number of hydrogen-bond acceptors (Lipinski definition) is 18. The molecule has 33 nitrogen and oxygen atoms in total. The number of benzene rings is 1. The summed E-state index contributed by atoms with van der Waals surface area (Å²) in [6, 6.07) is 3.12. The summed E-state index contributed by atoms with van der Waals surface area (Å²) in [5, 5.41) is 56.4. The Bertz CT molecular complexity index is 3460. The van der Waals surface area contributed by atoms with Crippen LogP contribution in [0.25, 0.3) is 0 Å². The van der Waals surface area contributed by atoms with E-state index in [2.05, 4.69) is 57.5 Å². The first-order valence-corrected chi connectivity index (χ1v) is 36.3. The van der Waals surface area contributed by atoms with Gasteiger partial charge in [-0.1, -0.05) is 42.5 Å². The van der Waals surface area contributed by atoms with E-state index in [0.29, 0.717) is 45.9 Å². The van der Waals surface area contributed by atoms with Crippen molar-refractivity contribution in [2.24, 2.45) is 72.5 Å². The van der Waals surface area contributed by atoms with Crippen LogP contribution < -0.4 is 76.9 Å². The molecule has 0 spiro atoms. The van der Waals surface area contributed by atoms with Crippen molar-refractivity contribution in [1.29, 1.82) is 0 Å². The van der Waals surface area contributed by atoms with E-state index in [-0.39, 0.29) is 121 Å². The van der Waals surface area contributed by atoms with Crippen LogP contribution in [0.3, 0.4) is 0 Å². The van der Waals surface area contributed by atoms with Crippen LogP contribution in [0.15, 0.2) is 80.3 Å². The quantitative estimate of drug-likeness (QED) is 0.0152. The standard InChI is InChI=1S/C67H97N19O14S2/c68-64(69)74-18-4-14-44(84-63(100)67-31-38-24-39(32-67)26-40(25-38)33-67)54(90)79-45(15-5-19-75-65(70)71)60(96)85-21-7-17-51(85)61(97)86-35-41(88)28-52(86)59(95)77-34-53(89)78-48(29-42-12-8-22-101-42)56(92)83-50(36-87)58(94)81-47(27-37-10-2-1-3-11-37)55(91)82-49(30-43-13-9-23-102-43)57(93)80-46(62(98)99)16-6-20-76-66(72)73/h1-3,8-13,22-23,38-41,44-52,87-88H,4-7,14-21,24-36H2,(H,77,95)(H,78,89)(H,79,90)(H,80,93)(H,81,94)(H,82,91)(H,83,92)(H,84,100)(H,98,99)(H4,68,69,74)(H4,70,71,75)(H4,72,73,76)/t38?,39?,40?,41-,44-,45+,46+,47-,48+,49+,50+,51+,52+,67?/m1/s1.